The maximum absolute atomic E-state index is 10.8. The molecular formula is C11H11N3O3. The van der Waals surface area contributed by atoms with Gasteiger partial charge in [-0.3, -0.25) is 0 Å². The van der Waals surface area contributed by atoms with Gasteiger partial charge in [0.15, 0.2) is 0 Å². The van der Waals surface area contributed by atoms with E-state index < -0.39 is 5.97 Å². The van der Waals surface area contributed by atoms with Gasteiger partial charge in [-0.15, -0.1) is 0 Å². The van der Waals surface area contributed by atoms with Crippen molar-refractivity contribution in [3.8, 4) is 0 Å². The highest BCUT2D eigenvalue weighted by molar-refractivity contribution is 5.88. The van der Waals surface area contributed by atoms with Crippen LogP contribution in [0.2, 0.25) is 0 Å². The smallest absolute Gasteiger partial charge is 0.339 e. The summed E-state index contributed by atoms with van der Waals surface area (Å²) < 4.78 is 5.09. The first kappa shape index (κ1) is 11.3. The van der Waals surface area contributed by atoms with E-state index in [4.69, 9.17) is 9.52 Å². The zero-order valence-corrected chi connectivity index (χ0v) is 8.96. The molecule has 0 radical (unpaired) electrons. The highest BCUT2D eigenvalue weighted by Gasteiger charge is 2.12. The van der Waals surface area contributed by atoms with Crippen molar-refractivity contribution in [2.75, 3.05) is 0 Å². The number of aromatic carboxylic acids is 1. The largest absolute Gasteiger partial charge is 0.478 e. The van der Waals surface area contributed by atoms with Crippen molar-refractivity contribution in [2.45, 2.75) is 13.1 Å². The van der Waals surface area contributed by atoms with Crippen molar-refractivity contribution in [1.82, 2.24) is 15.3 Å². The van der Waals surface area contributed by atoms with Crippen LogP contribution in [-0.2, 0) is 13.1 Å². The lowest BCUT2D eigenvalue weighted by atomic mass is 10.2. The second kappa shape index (κ2) is 5.22. The van der Waals surface area contributed by atoms with Gasteiger partial charge in [0.2, 0.25) is 0 Å². The van der Waals surface area contributed by atoms with E-state index in [1.165, 1.54) is 18.7 Å². The van der Waals surface area contributed by atoms with E-state index in [1.54, 1.807) is 12.3 Å². The van der Waals surface area contributed by atoms with Gasteiger partial charge in [-0.05, 0) is 12.1 Å². The summed E-state index contributed by atoms with van der Waals surface area (Å²) in [6.45, 7) is 0.876. The molecule has 0 saturated carbocycles. The summed E-state index contributed by atoms with van der Waals surface area (Å²) in [4.78, 5) is 18.6. The molecule has 0 aliphatic carbocycles. The van der Waals surface area contributed by atoms with Crippen molar-refractivity contribution in [3.05, 3.63) is 47.9 Å². The molecule has 0 amide bonds. The molecule has 6 heteroatoms. The molecule has 17 heavy (non-hydrogen) atoms. The summed E-state index contributed by atoms with van der Waals surface area (Å²) in [6, 6.07) is 3.22. The van der Waals surface area contributed by atoms with Crippen molar-refractivity contribution in [3.63, 3.8) is 0 Å². The number of carboxylic acids is 1. The minimum atomic E-state index is -0.988. The predicted octanol–water partition coefficient (Wildman–Crippen LogP) is 1.06. The van der Waals surface area contributed by atoms with E-state index in [1.807, 2.05) is 0 Å². The molecule has 2 rings (SSSR count). The number of hydrogen-bond acceptors (Lipinski definition) is 5. The predicted molar refractivity (Wildman–Crippen MR) is 58.2 cm³/mol. The lowest BCUT2D eigenvalue weighted by Crippen LogP contribution is -2.15. The van der Waals surface area contributed by atoms with Crippen LogP contribution in [0.5, 0.6) is 0 Å². The van der Waals surface area contributed by atoms with Crippen molar-refractivity contribution >= 4 is 5.97 Å². The summed E-state index contributed by atoms with van der Waals surface area (Å²) in [7, 11) is 0. The van der Waals surface area contributed by atoms with Gasteiger partial charge in [0, 0.05) is 12.7 Å². The Morgan fingerprint density at radius 3 is 3.00 bits per heavy atom. The summed E-state index contributed by atoms with van der Waals surface area (Å²) >= 11 is 0. The molecule has 88 valence electrons. The minimum absolute atomic E-state index is 0.181. The fourth-order valence-corrected chi connectivity index (χ4v) is 1.39. The maximum Gasteiger partial charge on any atom is 0.339 e. The number of nitrogens with zero attached hydrogens (tertiary/aromatic N) is 2. The average molecular weight is 233 g/mol. The number of nitrogens with one attached hydrogen (secondary N) is 1. The normalized spacial score (nSPS) is 10.4. The number of furan rings is 1. The molecule has 2 aromatic rings. The number of carbonyl (C=O) groups is 1. The summed E-state index contributed by atoms with van der Waals surface area (Å²) in [6.07, 6.45) is 4.48. The van der Waals surface area contributed by atoms with E-state index in [0.717, 1.165) is 5.69 Å². The molecule has 0 saturated heterocycles. The standard InChI is InChI=1S/C11H11N3O3/c15-11(16)9-2-4-17-10(9)6-13-5-8-1-3-12-7-14-8/h1-4,7,13H,5-6H2,(H,15,16). The number of aromatic nitrogens is 2. The second-order valence-electron chi connectivity index (χ2n) is 3.37. The molecular weight excluding hydrogens is 222 g/mol. The molecule has 2 heterocycles. The van der Waals surface area contributed by atoms with Gasteiger partial charge in [-0.1, -0.05) is 0 Å². The molecule has 0 spiro atoms. The molecule has 6 nitrogen and oxygen atoms in total. The highest BCUT2D eigenvalue weighted by Crippen LogP contribution is 2.10. The van der Waals surface area contributed by atoms with Gasteiger partial charge in [-0.25, -0.2) is 14.8 Å². The highest BCUT2D eigenvalue weighted by atomic mass is 16.4. The molecule has 0 aromatic carbocycles. The van der Waals surface area contributed by atoms with E-state index >= 15 is 0 Å². The first-order valence-corrected chi connectivity index (χ1v) is 5.02. The summed E-state index contributed by atoms with van der Waals surface area (Å²) in [5.41, 5.74) is 1.02. The number of hydrogen-bond donors (Lipinski definition) is 2. The van der Waals surface area contributed by atoms with Gasteiger partial charge in [0.25, 0.3) is 0 Å². The van der Waals surface area contributed by atoms with Crippen LogP contribution in [0.1, 0.15) is 21.8 Å². The quantitative estimate of drug-likeness (QED) is 0.802. The molecule has 0 bridgehead atoms. The molecule has 0 unspecified atom stereocenters. The zero-order valence-electron chi connectivity index (χ0n) is 8.96. The van der Waals surface area contributed by atoms with Crippen LogP contribution < -0.4 is 5.32 Å². The first-order chi connectivity index (χ1) is 8.27. The minimum Gasteiger partial charge on any atom is -0.478 e. The molecule has 2 aromatic heterocycles. The monoisotopic (exact) mass is 233 g/mol. The molecule has 0 atom stereocenters. The lowest BCUT2D eigenvalue weighted by molar-refractivity contribution is 0.0694. The van der Waals surface area contributed by atoms with Crippen LogP contribution in [0.15, 0.2) is 35.3 Å². The Hall–Kier alpha value is -2.21. The van der Waals surface area contributed by atoms with Gasteiger partial charge in [0.05, 0.1) is 18.5 Å². The van der Waals surface area contributed by atoms with Crippen LogP contribution >= 0.6 is 0 Å². The Morgan fingerprint density at radius 2 is 2.29 bits per heavy atom. The Balaban J connectivity index is 1.90. The SMILES string of the molecule is O=C(O)c1ccoc1CNCc1ccncn1. The average Bonchev–Trinajstić information content (AvgIpc) is 2.79. The van der Waals surface area contributed by atoms with Gasteiger partial charge >= 0.3 is 5.97 Å². The van der Waals surface area contributed by atoms with Crippen LogP contribution in [-0.4, -0.2) is 21.0 Å². The Kier molecular flexibility index (Phi) is 3.46. The van der Waals surface area contributed by atoms with E-state index in [-0.39, 0.29) is 5.56 Å². The van der Waals surface area contributed by atoms with Crippen molar-refractivity contribution < 1.29 is 14.3 Å². The molecule has 2 N–H and O–H groups in total. The topological polar surface area (TPSA) is 88.2 Å². The third-order valence-corrected chi connectivity index (χ3v) is 2.21. The fourth-order valence-electron chi connectivity index (χ4n) is 1.39. The van der Waals surface area contributed by atoms with E-state index in [9.17, 15) is 4.79 Å². The Labute approximate surface area is 97.3 Å². The third kappa shape index (κ3) is 2.88. The van der Waals surface area contributed by atoms with Gasteiger partial charge in [0.1, 0.15) is 17.7 Å². The van der Waals surface area contributed by atoms with Crippen LogP contribution in [0.25, 0.3) is 0 Å². The summed E-state index contributed by atoms with van der Waals surface area (Å²) in [5.74, 6) is -0.579. The molecule has 0 aliphatic rings. The van der Waals surface area contributed by atoms with Crippen LogP contribution in [0, 0.1) is 0 Å². The van der Waals surface area contributed by atoms with Crippen LogP contribution in [0.3, 0.4) is 0 Å². The first-order valence-electron chi connectivity index (χ1n) is 5.02. The number of carboxylic acid groups (broad SMARTS) is 1. The van der Waals surface area contributed by atoms with Crippen molar-refractivity contribution in [2.24, 2.45) is 0 Å². The maximum atomic E-state index is 10.8. The Morgan fingerprint density at radius 1 is 1.41 bits per heavy atom. The molecule has 0 aliphatic heterocycles. The van der Waals surface area contributed by atoms with Crippen molar-refractivity contribution in [1.29, 1.82) is 0 Å². The Bertz CT molecular complexity index is 496. The second-order valence-corrected chi connectivity index (χ2v) is 3.37. The summed E-state index contributed by atoms with van der Waals surface area (Å²) in [5, 5.41) is 11.9. The van der Waals surface area contributed by atoms with E-state index in [0.29, 0.717) is 18.8 Å². The fraction of sp³-hybridized carbons (Fsp3) is 0.182. The van der Waals surface area contributed by atoms with Gasteiger partial charge in [-0.2, -0.15) is 0 Å². The van der Waals surface area contributed by atoms with Crippen LogP contribution in [0.4, 0.5) is 0 Å². The zero-order chi connectivity index (χ0) is 12.1. The lowest BCUT2D eigenvalue weighted by Gasteiger charge is -2.02. The molecule has 0 fully saturated rings. The van der Waals surface area contributed by atoms with Gasteiger partial charge < -0.3 is 14.8 Å². The van der Waals surface area contributed by atoms with E-state index in [2.05, 4.69) is 15.3 Å². The number of rotatable bonds is 5. The third-order valence-electron chi connectivity index (χ3n) is 2.21.